The molecule has 3 rings (SSSR count). The summed E-state index contributed by atoms with van der Waals surface area (Å²) in [4.78, 5) is 7.33. The molecule has 1 spiro atoms. The van der Waals surface area contributed by atoms with E-state index in [1.165, 1.54) is 25.7 Å². The summed E-state index contributed by atoms with van der Waals surface area (Å²) in [7, 11) is 4.93. The van der Waals surface area contributed by atoms with Crippen LogP contribution in [0.25, 0.3) is 0 Å². The molecule has 158 valence electrons. The van der Waals surface area contributed by atoms with Crippen LogP contribution in [0.2, 0.25) is 0 Å². The Kier molecular flexibility index (Phi) is 8.52. The molecule has 0 bridgehead atoms. The van der Waals surface area contributed by atoms with Crippen LogP contribution in [0.3, 0.4) is 0 Å². The van der Waals surface area contributed by atoms with Crippen molar-refractivity contribution in [2.75, 3.05) is 47.5 Å². The molecule has 1 aliphatic heterocycles. The van der Waals surface area contributed by atoms with Gasteiger partial charge >= 0.3 is 0 Å². The number of nitrogens with zero attached hydrogens (tertiary/aromatic N) is 2. The van der Waals surface area contributed by atoms with Crippen LogP contribution in [0.4, 0.5) is 0 Å². The number of rotatable bonds is 7. The number of benzene rings is 1. The predicted molar refractivity (Wildman–Crippen MR) is 124 cm³/mol. The molecular formula is C21H34IN3O3. The van der Waals surface area contributed by atoms with Crippen molar-refractivity contribution in [3.63, 3.8) is 0 Å². The second-order valence-corrected chi connectivity index (χ2v) is 7.50. The van der Waals surface area contributed by atoms with Gasteiger partial charge < -0.3 is 24.4 Å². The number of nitrogens with one attached hydrogen (secondary N) is 1. The van der Waals surface area contributed by atoms with Crippen LogP contribution in [-0.2, 0) is 6.42 Å². The van der Waals surface area contributed by atoms with Crippen molar-refractivity contribution in [2.45, 2.75) is 39.0 Å². The van der Waals surface area contributed by atoms with Crippen LogP contribution in [0, 0.1) is 5.41 Å². The predicted octanol–water partition coefficient (Wildman–Crippen LogP) is 3.71. The highest BCUT2D eigenvalue weighted by Crippen LogP contribution is 2.48. The minimum absolute atomic E-state index is 0. The van der Waals surface area contributed by atoms with Crippen LogP contribution in [0.1, 0.15) is 38.2 Å². The van der Waals surface area contributed by atoms with Crippen molar-refractivity contribution in [2.24, 2.45) is 10.4 Å². The molecule has 1 aromatic rings. The molecule has 2 fully saturated rings. The number of halogens is 1. The minimum Gasteiger partial charge on any atom is -0.493 e. The SMILES string of the molecule is CCNC(=NCCc1ccc(OC)c(OC)c1OC)N1CCC2(CCC2)C1.I. The number of ether oxygens (including phenoxy) is 3. The van der Waals surface area contributed by atoms with Crippen molar-refractivity contribution in [1.29, 1.82) is 0 Å². The monoisotopic (exact) mass is 503 g/mol. The Labute approximate surface area is 186 Å². The van der Waals surface area contributed by atoms with E-state index in [-0.39, 0.29) is 24.0 Å². The fourth-order valence-corrected chi connectivity index (χ4v) is 4.27. The molecule has 1 saturated heterocycles. The van der Waals surface area contributed by atoms with E-state index < -0.39 is 0 Å². The van der Waals surface area contributed by atoms with Crippen LogP contribution < -0.4 is 19.5 Å². The fourth-order valence-electron chi connectivity index (χ4n) is 4.27. The third-order valence-corrected chi connectivity index (χ3v) is 5.92. The first kappa shape index (κ1) is 22.9. The smallest absolute Gasteiger partial charge is 0.203 e. The molecule has 0 atom stereocenters. The van der Waals surface area contributed by atoms with Crippen molar-refractivity contribution in [1.82, 2.24) is 10.2 Å². The molecule has 0 amide bonds. The first-order valence-electron chi connectivity index (χ1n) is 9.97. The number of hydrogen-bond donors (Lipinski definition) is 1. The number of guanidine groups is 1. The molecule has 28 heavy (non-hydrogen) atoms. The van der Waals surface area contributed by atoms with Gasteiger partial charge in [0.25, 0.3) is 0 Å². The molecule has 0 unspecified atom stereocenters. The van der Waals surface area contributed by atoms with E-state index in [1.807, 2.05) is 12.1 Å². The van der Waals surface area contributed by atoms with Crippen molar-refractivity contribution in [3.05, 3.63) is 17.7 Å². The number of likely N-dealkylation sites (tertiary alicyclic amines) is 1. The summed E-state index contributed by atoms with van der Waals surface area (Å²) in [6, 6.07) is 3.95. The first-order chi connectivity index (χ1) is 13.2. The van der Waals surface area contributed by atoms with Gasteiger partial charge in [-0.15, -0.1) is 24.0 Å². The van der Waals surface area contributed by atoms with E-state index in [4.69, 9.17) is 19.2 Å². The topological polar surface area (TPSA) is 55.3 Å². The Balaban J connectivity index is 0.00000280. The normalized spacial score (nSPS) is 17.7. The molecule has 2 aliphatic rings. The average Bonchev–Trinajstić information content (AvgIpc) is 3.12. The maximum atomic E-state index is 5.58. The lowest BCUT2D eigenvalue weighted by Crippen LogP contribution is -2.42. The number of hydrogen-bond acceptors (Lipinski definition) is 4. The van der Waals surface area contributed by atoms with E-state index in [0.717, 1.165) is 43.3 Å². The van der Waals surface area contributed by atoms with Crippen LogP contribution >= 0.6 is 24.0 Å². The summed E-state index contributed by atoms with van der Waals surface area (Å²) in [6.45, 7) is 5.99. The van der Waals surface area contributed by atoms with E-state index in [0.29, 0.717) is 23.5 Å². The van der Waals surface area contributed by atoms with Crippen LogP contribution in [0.5, 0.6) is 17.2 Å². The standard InChI is InChI=1S/C21H33N3O3.HI/c1-5-22-20(24-14-12-21(15-24)10-6-11-21)23-13-9-16-7-8-17(25-2)19(27-4)18(16)26-3;/h7-8H,5-6,9-15H2,1-4H3,(H,22,23);1H. The van der Waals surface area contributed by atoms with Crippen molar-refractivity contribution in [3.8, 4) is 17.2 Å². The molecule has 0 aromatic heterocycles. The molecule has 1 aliphatic carbocycles. The molecule has 7 heteroatoms. The van der Waals surface area contributed by atoms with Gasteiger partial charge in [0.05, 0.1) is 21.3 Å². The summed E-state index contributed by atoms with van der Waals surface area (Å²) in [6.07, 6.45) is 6.25. The highest BCUT2D eigenvalue weighted by atomic mass is 127. The maximum absolute atomic E-state index is 5.58. The third kappa shape index (κ3) is 4.78. The summed E-state index contributed by atoms with van der Waals surface area (Å²) >= 11 is 0. The quantitative estimate of drug-likeness (QED) is 0.350. The second kappa shape index (κ2) is 10.4. The average molecular weight is 503 g/mol. The van der Waals surface area contributed by atoms with Gasteiger partial charge in [-0.2, -0.15) is 0 Å². The van der Waals surface area contributed by atoms with E-state index in [1.54, 1.807) is 21.3 Å². The first-order valence-corrected chi connectivity index (χ1v) is 9.97. The summed E-state index contributed by atoms with van der Waals surface area (Å²) in [5.41, 5.74) is 1.65. The molecule has 1 saturated carbocycles. The van der Waals surface area contributed by atoms with E-state index in [2.05, 4.69) is 17.1 Å². The fraction of sp³-hybridized carbons (Fsp3) is 0.667. The summed E-state index contributed by atoms with van der Waals surface area (Å²) < 4.78 is 16.4. The minimum atomic E-state index is 0. The van der Waals surface area contributed by atoms with Crippen molar-refractivity contribution >= 4 is 29.9 Å². The highest BCUT2D eigenvalue weighted by Gasteiger charge is 2.43. The zero-order valence-electron chi connectivity index (χ0n) is 17.5. The number of aliphatic imine (C=N–C) groups is 1. The lowest BCUT2D eigenvalue weighted by Gasteiger charge is -2.38. The Hall–Kier alpha value is -1.38. The van der Waals surface area contributed by atoms with Gasteiger partial charge in [0.2, 0.25) is 5.75 Å². The Morgan fingerprint density at radius 2 is 1.86 bits per heavy atom. The maximum Gasteiger partial charge on any atom is 0.203 e. The van der Waals surface area contributed by atoms with Crippen LogP contribution in [-0.4, -0.2) is 58.4 Å². The van der Waals surface area contributed by atoms with Gasteiger partial charge in [-0.25, -0.2) is 0 Å². The largest absolute Gasteiger partial charge is 0.493 e. The summed E-state index contributed by atoms with van der Waals surface area (Å²) in [5, 5.41) is 3.47. The third-order valence-electron chi connectivity index (χ3n) is 5.92. The second-order valence-electron chi connectivity index (χ2n) is 7.50. The molecule has 1 heterocycles. The van der Waals surface area contributed by atoms with Gasteiger partial charge in [-0.05, 0) is 44.1 Å². The Bertz CT molecular complexity index is 677. The Morgan fingerprint density at radius 1 is 1.11 bits per heavy atom. The lowest BCUT2D eigenvalue weighted by atomic mass is 9.68. The van der Waals surface area contributed by atoms with Crippen molar-refractivity contribution < 1.29 is 14.2 Å². The van der Waals surface area contributed by atoms with Gasteiger partial charge in [0, 0.05) is 31.7 Å². The van der Waals surface area contributed by atoms with Gasteiger partial charge in [0.15, 0.2) is 17.5 Å². The highest BCUT2D eigenvalue weighted by molar-refractivity contribution is 14.0. The Morgan fingerprint density at radius 3 is 2.39 bits per heavy atom. The lowest BCUT2D eigenvalue weighted by molar-refractivity contribution is 0.151. The van der Waals surface area contributed by atoms with Crippen LogP contribution in [0.15, 0.2) is 17.1 Å². The van der Waals surface area contributed by atoms with E-state index >= 15 is 0 Å². The summed E-state index contributed by atoms with van der Waals surface area (Å²) in [5.74, 6) is 3.09. The zero-order chi connectivity index (χ0) is 19.3. The van der Waals surface area contributed by atoms with Gasteiger partial charge in [-0.1, -0.05) is 12.5 Å². The van der Waals surface area contributed by atoms with E-state index in [9.17, 15) is 0 Å². The van der Waals surface area contributed by atoms with Gasteiger partial charge in [-0.3, -0.25) is 4.99 Å². The molecule has 1 N–H and O–H groups in total. The molecule has 0 radical (unpaired) electrons. The molecule has 1 aromatic carbocycles. The zero-order valence-corrected chi connectivity index (χ0v) is 19.9. The molecular weight excluding hydrogens is 469 g/mol. The number of methoxy groups -OCH3 is 3. The molecule has 6 nitrogen and oxygen atoms in total. The van der Waals surface area contributed by atoms with Gasteiger partial charge in [0.1, 0.15) is 0 Å².